The highest BCUT2D eigenvalue weighted by Gasteiger charge is 2.18. The van der Waals surface area contributed by atoms with E-state index in [4.69, 9.17) is 14.6 Å². The van der Waals surface area contributed by atoms with Crippen LogP contribution in [-0.2, 0) is 11.2 Å². The van der Waals surface area contributed by atoms with Crippen molar-refractivity contribution in [2.75, 3.05) is 20.5 Å². The summed E-state index contributed by atoms with van der Waals surface area (Å²) in [6.07, 6.45) is 2.38. The summed E-state index contributed by atoms with van der Waals surface area (Å²) in [5.74, 6) is 0.196. The number of hydrogen-bond donors (Lipinski definition) is 1. The van der Waals surface area contributed by atoms with Gasteiger partial charge in [-0.15, -0.1) is 11.8 Å². The number of thioether (sulfide) groups is 1. The zero-order valence-corrected chi connectivity index (χ0v) is 11.8. The van der Waals surface area contributed by atoms with E-state index in [9.17, 15) is 4.79 Å². The SMILES string of the molecule is COc1ccc(CC(C)C(=O)O)c(OC)c1SC. The van der Waals surface area contributed by atoms with Gasteiger partial charge >= 0.3 is 5.97 Å². The van der Waals surface area contributed by atoms with Crippen LogP contribution in [0.2, 0.25) is 0 Å². The molecule has 1 aromatic carbocycles. The number of aliphatic carboxylic acids is 1. The van der Waals surface area contributed by atoms with Crippen molar-refractivity contribution in [3.63, 3.8) is 0 Å². The Hall–Kier alpha value is -1.36. The molecule has 0 aliphatic carbocycles. The molecule has 0 radical (unpaired) electrons. The number of benzene rings is 1. The first-order valence-electron chi connectivity index (χ1n) is 5.55. The molecule has 100 valence electrons. The number of hydrogen-bond acceptors (Lipinski definition) is 4. The van der Waals surface area contributed by atoms with Gasteiger partial charge in [0.2, 0.25) is 0 Å². The lowest BCUT2D eigenvalue weighted by molar-refractivity contribution is -0.141. The molecule has 0 aliphatic rings. The van der Waals surface area contributed by atoms with E-state index >= 15 is 0 Å². The van der Waals surface area contributed by atoms with Crippen molar-refractivity contribution in [1.29, 1.82) is 0 Å². The topological polar surface area (TPSA) is 55.8 Å². The monoisotopic (exact) mass is 270 g/mol. The largest absolute Gasteiger partial charge is 0.495 e. The van der Waals surface area contributed by atoms with Crippen LogP contribution in [0, 0.1) is 5.92 Å². The predicted molar refractivity (Wildman–Crippen MR) is 71.8 cm³/mol. The van der Waals surface area contributed by atoms with E-state index in [1.54, 1.807) is 21.1 Å². The van der Waals surface area contributed by atoms with E-state index in [2.05, 4.69) is 0 Å². The molecule has 0 saturated heterocycles. The second-order valence-electron chi connectivity index (χ2n) is 3.94. The fourth-order valence-electron chi connectivity index (χ4n) is 1.74. The zero-order valence-electron chi connectivity index (χ0n) is 11.0. The molecule has 18 heavy (non-hydrogen) atoms. The lowest BCUT2D eigenvalue weighted by Gasteiger charge is -2.16. The van der Waals surface area contributed by atoms with Gasteiger partial charge in [-0.25, -0.2) is 0 Å². The lowest BCUT2D eigenvalue weighted by atomic mass is 10.0. The van der Waals surface area contributed by atoms with E-state index in [0.717, 1.165) is 16.2 Å². The summed E-state index contributed by atoms with van der Waals surface area (Å²) < 4.78 is 10.7. The summed E-state index contributed by atoms with van der Waals surface area (Å²) in [6.45, 7) is 1.69. The van der Waals surface area contributed by atoms with E-state index < -0.39 is 11.9 Å². The van der Waals surface area contributed by atoms with Crippen molar-refractivity contribution in [1.82, 2.24) is 0 Å². The molecule has 0 heterocycles. The third-order valence-corrected chi connectivity index (χ3v) is 3.53. The van der Waals surface area contributed by atoms with Crippen LogP contribution in [0.3, 0.4) is 0 Å². The normalized spacial score (nSPS) is 12.0. The van der Waals surface area contributed by atoms with Crippen LogP contribution in [0.15, 0.2) is 17.0 Å². The van der Waals surface area contributed by atoms with Crippen LogP contribution < -0.4 is 9.47 Å². The first kappa shape index (κ1) is 14.7. The van der Waals surface area contributed by atoms with Crippen LogP contribution in [-0.4, -0.2) is 31.6 Å². The molecule has 0 amide bonds. The van der Waals surface area contributed by atoms with Gasteiger partial charge in [0.05, 0.1) is 25.0 Å². The number of rotatable bonds is 6. The van der Waals surface area contributed by atoms with Gasteiger partial charge < -0.3 is 14.6 Å². The van der Waals surface area contributed by atoms with Gasteiger partial charge in [-0.1, -0.05) is 13.0 Å². The molecule has 0 bridgehead atoms. The molecule has 1 N–H and O–H groups in total. The summed E-state index contributed by atoms with van der Waals surface area (Å²) in [4.78, 5) is 11.8. The predicted octanol–water partition coefficient (Wildman–Crippen LogP) is 2.69. The number of ether oxygens (including phenoxy) is 2. The van der Waals surface area contributed by atoms with Gasteiger partial charge in [0.1, 0.15) is 11.5 Å². The Kier molecular flexibility index (Phi) is 5.34. The van der Waals surface area contributed by atoms with Gasteiger partial charge in [-0.2, -0.15) is 0 Å². The molecule has 0 fully saturated rings. The Morgan fingerprint density at radius 1 is 1.39 bits per heavy atom. The Bertz CT molecular complexity index is 431. The first-order valence-corrected chi connectivity index (χ1v) is 6.78. The summed E-state index contributed by atoms with van der Waals surface area (Å²) in [7, 11) is 3.19. The van der Waals surface area contributed by atoms with Crippen molar-refractivity contribution in [2.45, 2.75) is 18.2 Å². The smallest absolute Gasteiger partial charge is 0.306 e. The van der Waals surface area contributed by atoms with Gasteiger partial charge in [-0.3, -0.25) is 4.79 Å². The van der Waals surface area contributed by atoms with Crippen LogP contribution in [0.25, 0.3) is 0 Å². The second kappa shape index (κ2) is 6.54. The Morgan fingerprint density at radius 3 is 2.50 bits per heavy atom. The molecule has 1 unspecified atom stereocenters. The minimum absolute atomic E-state index is 0.441. The lowest BCUT2D eigenvalue weighted by Crippen LogP contribution is -2.13. The Morgan fingerprint density at radius 2 is 2.06 bits per heavy atom. The zero-order chi connectivity index (χ0) is 13.7. The molecule has 4 nitrogen and oxygen atoms in total. The van der Waals surface area contributed by atoms with Crippen molar-refractivity contribution in [3.05, 3.63) is 17.7 Å². The van der Waals surface area contributed by atoms with Crippen LogP contribution in [0.4, 0.5) is 0 Å². The maximum absolute atomic E-state index is 10.9. The summed E-state index contributed by atoms with van der Waals surface area (Å²) in [5.41, 5.74) is 0.887. The van der Waals surface area contributed by atoms with Crippen LogP contribution in [0.1, 0.15) is 12.5 Å². The van der Waals surface area contributed by atoms with Crippen molar-refractivity contribution >= 4 is 17.7 Å². The highest BCUT2D eigenvalue weighted by Crippen LogP contribution is 2.39. The maximum Gasteiger partial charge on any atom is 0.306 e. The molecule has 1 rings (SSSR count). The van der Waals surface area contributed by atoms with Crippen LogP contribution in [0.5, 0.6) is 11.5 Å². The summed E-state index contributed by atoms with van der Waals surface area (Å²) in [5, 5.41) is 8.96. The number of carboxylic acids is 1. The minimum Gasteiger partial charge on any atom is -0.495 e. The Balaban J connectivity index is 3.16. The maximum atomic E-state index is 10.9. The number of carboxylic acid groups (broad SMARTS) is 1. The first-order chi connectivity index (χ1) is 8.54. The number of carbonyl (C=O) groups is 1. The van der Waals surface area contributed by atoms with E-state index in [-0.39, 0.29) is 0 Å². The molecular weight excluding hydrogens is 252 g/mol. The molecule has 0 spiro atoms. The fraction of sp³-hybridized carbons (Fsp3) is 0.462. The standard InChI is InChI=1S/C13H18O4S/c1-8(13(14)15)7-9-5-6-10(16-2)12(18-4)11(9)17-3/h5-6,8H,7H2,1-4H3,(H,14,15). The highest BCUT2D eigenvalue weighted by molar-refractivity contribution is 7.98. The molecule has 1 aromatic rings. The summed E-state index contributed by atoms with van der Waals surface area (Å²) in [6, 6.07) is 3.70. The molecule has 1 atom stereocenters. The number of methoxy groups -OCH3 is 2. The van der Waals surface area contributed by atoms with Crippen LogP contribution >= 0.6 is 11.8 Å². The second-order valence-corrected chi connectivity index (χ2v) is 4.75. The molecule has 0 aromatic heterocycles. The molecule has 0 saturated carbocycles. The van der Waals surface area contributed by atoms with Gasteiger partial charge in [0.25, 0.3) is 0 Å². The van der Waals surface area contributed by atoms with Gasteiger partial charge in [-0.05, 0) is 24.3 Å². The average molecular weight is 270 g/mol. The summed E-state index contributed by atoms with van der Waals surface area (Å²) >= 11 is 1.52. The molecule has 0 aliphatic heterocycles. The van der Waals surface area contributed by atoms with E-state index in [1.807, 2.05) is 18.4 Å². The molecule has 5 heteroatoms. The van der Waals surface area contributed by atoms with E-state index in [0.29, 0.717) is 12.2 Å². The molecular formula is C13H18O4S. The average Bonchev–Trinajstić information content (AvgIpc) is 2.37. The van der Waals surface area contributed by atoms with Gasteiger partial charge in [0, 0.05) is 0 Å². The quantitative estimate of drug-likeness (QED) is 0.805. The minimum atomic E-state index is -0.807. The van der Waals surface area contributed by atoms with Crippen molar-refractivity contribution in [2.24, 2.45) is 5.92 Å². The highest BCUT2D eigenvalue weighted by atomic mass is 32.2. The van der Waals surface area contributed by atoms with Crippen molar-refractivity contribution < 1.29 is 19.4 Å². The third kappa shape index (κ3) is 3.10. The van der Waals surface area contributed by atoms with Crippen molar-refractivity contribution in [3.8, 4) is 11.5 Å². The third-order valence-electron chi connectivity index (χ3n) is 2.73. The Labute approximate surface area is 111 Å². The van der Waals surface area contributed by atoms with E-state index in [1.165, 1.54) is 11.8 Å². The fourth-order valence-corrected chi connectivity index (χ4v) is 2.49. The van der Waals surface area contributed by atoms with Gasteiger partial charge in [0.15, 0.2) is 0 Å².